The first-order valence-corrected chi connectivity index (χ1v) is 6.69. The van der Waals surface area contributed by atoms with Gasteiger partial charge in [-0.1, -0.05) is 23.3 Å². The molecule has 3 heterocycles. The van der Waals surface area contributed by atoms with Crippen LogP contribution in [0, 0.1) is 0 Å². The third-order valence-electron chi connectivity index (χ3n) is 4.00. The number of fused-ring (bicyclic) bond motifs is 2. The number of anilines is 1. The first-order valence-electron chi connectivity index (χ1n) is 6.32. The molecule has 17 heavy (non-hydrogen) atoms. The molecule has 2 saturated heterocycles. The summed E-state index contributed by atoms with van der Waals surface area (Å²) in [6.07, 6.45) is 9.05. The highest BCUT2D eigenvalue weighted by Crippen LogP contribution is 2.40. The molecule has 2 atom stereocenters. The van der Waals surface area contributed by atoms with Gasteiger partial charge in [-0.25, -0.2) is 4.98 Å². The van der Waals surface area contributed by atoms with E-state index in [4.69, 9.17) is 11.6 Å². The fourth-order valence-electron chi connectivity index (χ4n) is 3.18. The molecule has 0 N–H and O–H groups in total. The lowest BCUT2D eigenvalue weighted by molar-refractivity contribution is 0.544. The number of hydrogen-bond acceptors (Lipinski definition) is 2. The summed E-state index contributed by atoms with van der Waals surface area (Å²) in [6.45, 7) is 2.16. The Kier molecular flexibility index (Phi) is 2.83. The van der Waals surface area contributed by atoms with E-state index in [9.17, 15) is 0 Å². The van der Waals surface area contributed by atoms with Crippen LogP contribution in [0.3, 0.4) is 0 Å². The van der Waals surface area contributed by atoms with Gasteiger partial charge in [0.05, 0.1) is 5.02 Å². The molecule has 0 aromatic carbocycles. The van der Waals surface area contributed by atoms with Crippen molar-refractivity contribution in [3.63, 3.8) is 0 Å². The zero-order valence-electron chi connectivity index (χ0n) is 10.1. The number of piperidine rings is 1. The van der Waals surface area contributed by atoms with Crippen LogP contribution >= 0.6 is 11.6 Å². The number of nitrogens with zero attached hydrogens (tertiary/aromatic N) is 2. The summed E-state index contributed by atoms with van der Waals surface area (Å²) in [5.41, 5.74) is 1.61. The summed E-state index contributed by atoms with van der Waals surface area (Å²) in [5.74, 6) is 1.09. The van der Waals surface area contributed by atoms with Crippen LogP contribution in [0.2, 0.25) is 5.02 Å². The largest absolute Gasteiger partial charge is 0.350 e. The Hall–Kier alpha value is -1.02. The zero-order valence-corrected chi connectivity index (χ0v) is 10.8. The van der Waals surface area contributed by atoms with Gasteiger partial charge in [-0.2, -0.15) is 0 Å². The smallest absolute Gasteiger partial charge is 0.129 e. The summed E-state index contributed by atoms with van der Waals surface area (Å²) in [5, 5.41) is 0.715. The summed E-state index contributed by atoms with van der Waals surface area (Å²) < 4.78 is 0. The van der Waals surface area contributed by atoms with Crippen LogP contribution in [0.25, 0.3) is 0 Å². The molecule has 1 aromatic rings. The number of pyridine rings is 1. The van der Waals surface area contributed by atoms with Crippen molar-refractivity contribution in [2.75, 3.05) is 4.90 Å². The molecule has 0 amide bonds. The minimum atomic E-state index is 0.647. The second kappa shape index (κ2) is 4.34. The van der Waals surface area contributed by atoms with E-state index in [1.165, 1.54) is 25.7 Å². The van der Waals surface area contributed by atoms with Crippen LogP contribution in [-0.4, -0.2) is 17.1 Å². The quantitative estimate of drug-likeness (QED) is 0.703. The van der Waals surface area contributed by atoms with Crippen molar-refractivity contribution in [3.05, 3.63) is 35.0 Å². The Morgan fingerprint density at radius 1 is 1.29 bits per heavy atom. The van der Waals surface area contributed by atoms with Gasteiger partial charge in [-0.05, 0) is 44.7 Å². The molecule has 90 valence electrons. The molecular formula is C14H17ClN2. The van der Waals surface area contributed by atoms with Gasteiger partial charge < -0.3 is 4.90 Å². The van der Waals surface area contributed by atoms with Gasteiger partial charge in [0.2, 0.25) is 0 Å². The fourth-order valence-corrected chi connectivity index (χ4v) is 3.29. The third kappa shape index (κ3) is 1.95. The minimum Gasteiger partial charge on any atom is -0.350 e. The van der Waals surface area contributed by atoms with E-state index >= 15 is 0 Å². The van der Waals surface area contributed by atoms with Gasteiger partial charge >= 0.3 is 0 Å². The molecular weight excluding hydrogens is 232 g/mol. The Balaban J connectivity index is 1.88. The summed E-state index contributed by atoms with van der Waals surface area (Å²) in [6, 6.07) is 5.28. The van der Waals surface area contributed by atoms with Crippen molar-refractivity contribution in [2.45, 2.75) is 44.7 Å². The molecule has 0 saturated carbocycles. The van der Waals surface area contributed by atoms with Crippen molar-refractivity contribution in [1.29, 1.82) is 0 Å². The van der Waals surface area contributed by atoms with Gasteiger partial charge in [0.25, 0.3) is 0 Å². The number of hydrogen-bond donors (Lipinski definition) is 0. The van der Waals surface area contributed by atoms with Crippen LogP contribution in [0.1, 0.15) is 32.6 Å². The molecule has 0 radical (unpaired) electrons. The van der Waals surface area contributed by atoms with Crippen molar-refractivity contribution < 1.29 is 0 Å². The molecule has 2 aliphatic rings. The first kappa shape index (κ1) is 11.1. The molecule has 1 aromatic heterocycles. The highest BCUT2D eigenvalue weighted by molar-refractivity contribution is 6.30. The number of halogens is 1. The SMILES string of the molecule is CC=C1CC2CCC(C1)N2c1ccc(Cl)cn1. The molecule has 2 nitrogen and oxygen atoms in total. The first-order chi connectivity index (χ1) is 8.28. The second-order valence-corrected chi connectivity index (χ2v) is 5.42. The number of rotatable bonds is 1. The van der Waals surface area contributed by atoms with Crippen LogP contribution in [0.15, 0.2) is 30.0 Å². The van der Waals surface area contributed by atoms with Crippen molar-refractivity contribution in [1.82, 2.24) is 4.98 Å². The number of allylic oxidation sites excluding steroid dienone is 1. The Morgan fingerprint density at radius 2 is 2.00 bits per heavy atom. The van der Waals surface area contributed by atoms with Crippen molar-refractivity contribution in [2.24, 2.45) is 0 Å². The van der Waals surface area contributed by atoms with Crippen LogP contribution < -0.4 is 4.90 Å². The van der Waals surface area contributed by atoms with E-state index in [0.717, 1.165) is 5.82 Å². The Labute approximate surface area is 107 Å². The Morgan fingerprint density at radius 3 is 2.53 bits per heavy atom. The van der Waals surface area contributed by atoms with Crippen molar-refractivity contribution in [3.8, 4) is 0 Å². The maximum atomic E-state index is 5.89. The van der Waals surface area contributed by atoms with Gasteiger partial charge in [0, 0.05) is 18.3 Å². The van der Waals surface area contributed by atoms with Gasteiger partial charge in [-0.3, -0.25) is 0 Å². The predicted octanol–water partition coefficient (Wildman–Crippen LogP) is 3.81. The van der Waals surface area contributed by atoms with Gasteiger partial charge in [-0.15, -0.1) is 0 Å². The molecule has 3 rings (SSSR count). The summed E-state index contributed by atoms with van der Waals surface area (Å²) >= 11 is 5.89. The number of aromatic nitrogens is 1. The van der Waals surface area contributed by atoms with Crippen LogP contribution in [0.5, 0.6) is 0 Å². The highest BCUT2D eigenvalue weighted by atomic mass is 35.5. The van der Waals surface area contributed by atoms with E-state index in [1.807, 2.05) is 12.1 Å². The summed E-state index contributed by atoms with van der Waals surface area (Å²) in [7, 11) is 0. The topological polar surface area (TPSA) is 16.1 Å². The fraction of sp³-hybridized carbons (Fsp3) is 0.500. The van der Waals surface area contributed by atoms with E-state index < -0.39 is 0 Å². The van der Waals surface area contributed by atoms with Gasteiger partial charge in [0.1, 0.15) is 5.82 Å². The normalized spacial score (nSPS) is 27.4. The molecule has 2 aliphatic heterocycles. The maximum Gasteiger partial charge on any atom is 0.129 e. The lowest BCUT2D eigenvalue weighted by atomic mass is 9.96. The highest BCUT2D eigenvalue weighted by Gasteiger charge is 2.38. The second-order valence-electron chi connectivity index (χ2n) is 4.98. The lowest BCUT2D eigenvalue weighted by Gasteiger charge is -2.37. The molecule has 2 bridgehead atoms. The molecule has 2 unspecified atom stereocenters. The van der Waals surface area contributed by atoms with E-state index in [-0.39, 0.29) is 0 Å². The molecule has 0 aliphatic carbocycles. The summed E-state index contributed by atoms with van der Waals surface area (Å²) in [4.78, 5) is 6.97. The monoisotopic (exact) mass is 248 g/mol. The molecule has 2 fully saturated rings. The van der Waals surface area contributed by atoms with E-state index in [2.05, 4.69) is 22.9 Å². The average Bonchev–Trinajstić information content (AvgIpc) is 2.61. The van der Waals surface area contributed by atoms with Gasteiger partial charge in [0.15, 0.2) is 0 Å². The van der Waals surface area contributed by atoms with Crippen molar-refractivity contribution >= 4 is 17.4 Å². The minimum absolute atomic E-state index is 0.647. The van der Waals surface area contributed by atoms with Crippen LogP contribution in [0.4, 0.5) is 5.82 Å². The third-order valence-corrected chi connectivity index (χ3v) is 4.22. The zero-order chi connectivity index (χ0) is 11.8. The maximum absolute atomic E-state index is 5.89. The predicted molar refractivity (Wildman–Crippen MR) is 71.5 cm³/mol. The molecule has 3 heteroatoms. The average molecular weight is 249 g/mol. The lowest BCUT2D eigenvalue weighted by Crippen LogP contribution is -2.41. The Bertz CT molecular complexity index is 422. The standard InChI is InChI=1S/C14H17ClN2/c1-2-10-7-12-4-5-13(8-10)17(12)14-6-3-11(15)9-16-14/h2-3,6,9,12-13H,4-5,7-8H2,1H3. The molecule has 0 spiro atoms. The van der Waals surface area contributed by atoms with E-state index in [0.29, 0.717) is 17.1 Å². The van der Waals surface area contributed by atoms with Crippen LogP contribution in [-0.2, 0) is 0 Å². The van der Waals surface area contributed by atoms with E-state index in [1.54, 1.807) is 11.8 Å².